The molecule has 1 amide bonds. The van der Waals surface area contributed by atoms with Crippen LogP contribution in [0.5, 0.6) is 11.5 Å². The number of hydrogen-bond acceptors (Lipinski definition) is 3. The molecule has 2 rings (SSSR count). The lowest BCUT2D eigenvalue weighted by Gasteiger charge is -2.09. The monoisotopic (exact) mass is 383 g/mol. The van der Waals surface area contributed by atoms with E-state index in [1.165, 1.54) is 0 Å². The van der Waals surface area contributed by atoms with Crippen molar-refractivity contribution in [2.75, 3.05) is 19.8 Å². The van der Waals surface area contributed by atoms with Crippen LogP contribution < -0.4 is 14.8 Å². The molecule has 0 aromatic heterocycles. The van der Waals surface area contributed by atoms with Crippen LogP contribution in [0.25, 0.3) is 0 Å². The third-order valence-corrected chi connectivity index (χ3v) is 3.47. The predicted molar refractivity (Wildman–Crippen MR) is 89.6 cm³/mol. The van der Waals surface area contributed by atoms with Crippen molar-refractivity contribution in [2.24, 2.45) is 0 Å². The van der Waals surface area contributed by atoms with Crippen LogP contribution in [0.3, 0.4) is 0 Å². The van der Waals surface area contributed by atoms with Gasteiger partial charge in [0.25, 0.3) is 5.91 Å². The van der Waals surface area contributed by atoms with E-state index in [0.717, 1.165) is 4.47 Å². The van der Waals surface area contributed by atoms with Gasteiger partial charge in [0.1, 0.15) is 18.1 Å². The maximum absolute atomic E-state index is 11.6. The van der Waals surface area contributed by atoms with Crippen LogP contribution in [0, 0.1) is 0 Å². The molecule has 0 aliphatic heterocycles. The summed E-state index contributed by atoms with van der Waals surface area (Å²) in [6.45, 7) is 0.763. The number of rotatable bonds is 7. The van der Waals surface area contributed by atoms with E-state index in [1.54, 1.807) is 36.4 Å². The summed E-state index contributed by atoms with van der Waals surface area (Å²) < 4.78 is 11.8. The molecule has 0 radical (unpaired) electrons. The van der Waals surface area contributed by atoms with Gasteiger partial charge in [-0.1, -0.05) is 27.5 Å². The summed E-state index contributed by atoms with van der Waals surface area (Å²) in [6.07, 6.45) is 0. The topological polar surface area (TPSA) is 47.6 Å². The van der Waals surface area contributed by atoms with Gasteiger partial charge >= 0.3 is 0 Å². The molecule has 0 fully saturated rings. The summed E-state index contributed by atoms with van der Waals surface area (Å²) in [4.78, 5) is 11.6. The minimum atomic E-state index is -0.192. The molecule has 0 aliphatic carbocycles. The van der Waals surface area contributed by atoms with E-state index >= 15 is 0 Å². The Morgan fingerprint density at radius 1 is 1.00 bits per heavy atom. The zero-order chi connectivity index (χ0) is 15.8. The third-order valence-electron chi connectivity index (χ3n) is 2.69. The lowest BCUT2D eigenvalue weighted by molar-refractivity contribution is -0.123. The first-order valence-electron chi connectivity index (χ1n) is 6.67. The Bertz CT molecular complexity index is 602. The first-order valence-corrected chi connectivity index (χ1v) is 7.84. The summed E-state index contributed by atoms with van der Waals surface area (Å²) >= 11 is 9.11. The van der Waals surface area contributed by atoms with Crippen molar-refractivity contribution in [2.45, 2.75) is 0 Å². The molecule has 0 saturated heterocycles. The average Bonchev–Trinajstić information content (AvgIpc) is 2.53. The van der Waals surface area contributed by atoms with Crippen LogP contribution in [0.15, 0.2) is 53.0 Å². The van der Waals surface area contributed by atoms with E-state index in [2.05, 4.69) is 21.2 Å². The predicted octanol–water partition coefficient (Wildman–Crippen LogP) is 3.68. The van der Waals surface area contributed by atoms with Crippen molar-refractivity contribution in [1.82, 2.24) is 5.32 Å². The second kappa shape index (κ2) is 8.66. The van der Waals surface area contributed by atoms with E-state index < -0.39 is 0 Å². The number of halogens is 2. The Kier molecular flexibility index (Phi) is 6.55. The molecule has 0 heterocycles. The summed E-state index contributed by atoms with van der Waals surface area (Å²) in [5.41, 5.74) is 0. The van der Waals surface area contributed by atoms with Crippen molar-refractivity contribution >= 4 is 33.4 Å². The Labute approximate surface area is 142 Å². The van der Waals surface area contributed by atoms with Crippen LogP contribution in [-0.2, 0) is 4.79 Å². The first kappa shape index (κ1) is 16.6. The molecule has 6 heteroatoms. The number of nitrogens with one attached hydrogen (secondary N) is 1. The minimum absolute atomic E-state index is 0.0252. The van der Waals surface area contributed by atoms with Crippen molar-refractivity contribution in [3.05, 3.63) is 58.0 Å². The number of benzene rings is 2. The highest BCUT2D eigenvalue weighted by molar-refractivity contribution is 9.10. The number of ether oxygens (including phenoxy) is 2. The van der Waals surface area contributed by atoms with Crippen molar-refractivity contribution in [3.8, 4) is 11.5 Å². The molecule has 0 bridgehead atoms. The zero-order valence-electron chi connectivity index (χ0n) is 11.7. The first-order chi connectivity index (χ1) is 10.6. The maximum Gasteiger partial charge on any atom is 0.258 e. The summed E-state index contributed by atoms with van der Waals surface area (Å²) in [7, 11) is 0. The lowest BCUT2D eigenvalue weighted by Crippen LogP contribution is -2.32. The number of carbonyl (C=O) groups excluding carboxylic acids is 1. The van der Waals surface area contributed by atoms with Crippen LogP contribution in [0.1, 0.15) is 0 Å². The van der Waals surface area contributed by atoms with Gasteiger partial charge in [0.2, 0.25) is 0 Å². The molecule has 4 nitrogen and oxygen atoms in total. The fourth-order valence-corrected chi connectivity index (χ4v) is 2.01. The van der Waals surface area contributed by atoms with E-state index in [4.69, 9.17) is 21.1 Å². The van der Waals surface area contributed by atoms with E-state index in [1.807, 2.05) is 12.1 Å². The van der Waals surface area contributed by atoms with E-state index in [-0.39, 0.29) is 12.5 Å². The van der Waals surface area contributed by atoms with Gasteiger partial charge in [0.15, 0.2) is 6.61 Å². The molecular formula is C16H15BrClNO3. The fraction of sp³-hybridized carbons (Fsp3) is 0.188. The molecule has 22 heavy (non-hydrogen) atoms. The second-order valence-electron chi connectivity index (χ2n) is 4.39. The van der Waals surface area contributed by atoms with Crippen molar-refractivity contribution in [3.63, 3.8) is 0 Å². The molecule has 2 aromatic carbocycles. The Morgan fingerprint density at radius 3 is 2.27 bits per heavy atom. The summed E-state index contributed by atoms with van der Waals surface area (Å²) in [5.74, 6) is 1.17. The smallest absolute Gasteiger partial charge is 0.258 e. The highest BCUT2D eigenvalue weighted by Crippen LogP contribution is 2.16. The molecule has 0 saturated carbocycles. The molecule has 1 N–H and O–H groups in total. The SMILES string of the molecule is O=C(COc1ccc(Br)cc1)NCCOc1ccc(Cl)cc1. The summed E-state index contributed by atoms with van der Waals surface area (Å²) in [5, 5.41) is 3.38. The lowest BCUT2D eigenvalue weighted by atomic mass is 10.3. The molecule has 116 valence electrons. The zero-order valence-corrected chi connectivity index (χ0v) is 14.1. The van der Waals surface area contributed by atoms with Crippen molar-refractivity contribution < 1.29 is 14.3 Å². The molecule has 0 aliphatic rings. The van der Waals surface area contributed by atoms with Gasteiger partial charge in [-0.25, -0.2) is 0 Å². The Balaban J connectivity index is 1.61. The largest absolute Gasteiger partial charge is 0.492 e. The standard InChI is InChI=1S/C16H15BrClNO3/c17-12-1-5-15(6-2-12)22-11-16(20)19-9-10-21-14-7-3-13(18)4-8-14/h1-8H,9-11H2,(H,19,20). The molecule has 0 spiro atoms. The molecule has 2 aromatic rings. The highest BCUT2D eigenvalue weighted by atomic mass is 79.9. The molecular weight excluding hydrogens is 370 g/mol. The van der Waals surface area contributed by atoms with Gasteiger partial charge in [0, 0.05) is 9.50 Å². The van der Waals surface area contributed by atoms with Crippen molar-refractivity contribution in [1.29, 1.82) is 0 Å². The van der Waals surface area contributed by atoms with E-state index in [9.17, 15) is 4.79 Å². The van der Waals surface area contributed by atoms with Crippen LogP contribution in [0.2, 0.25) is 5.02 Å². The molecule has 0 atom stereocenters. The quantitative estimate of drug-likeness (QED) is 0.741. The maximum atomic E-state index is 11.6. The second-order valence-corrected chi connectivity index (χ2v) is 5.75. The molecule has 0 unspecified atom stereocenters. The van der Waals surface area contributed by atoms with Crippen LogP contribution in [0.4, 0.5) is 0 Å². The summed E-state index contributed by atoms with van der Waals surface area (Å²) in [6, 6.07) is 14.4. The van der Waals surface area contributed by atoms with Gasteiger partial charge in [-0.05, 0) is 48.5 Å². The van der Waals surface area contributed by atoms with Gasteiger partial charge in [0.05, 0.1) is 6.54 Å². The van der Waals surface area contributed by atoms with Gasteiger partial charge in [-0.15, -0.1) is 0 Å². The van der Waals surface area contributed by atoms with Crippen LogP contribution in [-0.4, -0.2) is 25.7 Å². The van der Waals surface area contributed by atoms with Gasteiger partial charge < -0.3 is 14.8 Å². The average molecular weight is 385 g/mol. The van der Waals surface area contributed by atoms with Crippen LogP contribution >= 0.6 is 27.5 Å². The number of amides is 1. The highest BCUT2D eigenvalue weighted by Gasteiger charge is 2.02. The Hall–Kier alpha value is -1.72. The van der Waals surface area contributed by atoms with E-state index in [0.29, 0.717) is 29.7 Å². The number of carbonyl (C=O) groups is 1. The fourth-order valence-electron chi connectivity index (χ4n) is 1.62. The van der Waals surface area contributed by atoms with Gasteiger partial charge in [-0.3, -0.25) is 4.79 Å². The Morgan fingerprint density at radius 2 is 1.59 bits per heavy atom. The van der Waals surface area contributed by atoms with Gasteiger partial charge in [-0.2, -0.15) is 0 Å². The number of hydrogen-bond donors (Lipinski definition) is 1. The minimum Gasteiger partial charge on any atom is -0.492 e. The normalized spacial score (nSPS) is 10.1. The third kappa shape index (κ3) is 5.95.